The van der Waals surface area contributed by atoms with Crippen molar-refractivity contribution in [2.75, 3.05) is 11.5 Å². The SMILES string of the molecule is CC[C@@H](NC(=O)NC1CCCS(=O)(=O)C1)c1oc2ccc(F)cc2c1C. The molecule has 1 aliphatic heterocycles. The maximum atomic E-state index is 13.5. The van der Waals surface area contributed by atoms with Crippen molar-refractivity contribution in [3.63, 3.8) is 0 Å². The van der Waals surface area contributed by atoms with E-state index in [9.17, 15) is 17.6 Å². The number of carbonyl (C=O) groups is 1. The van der Waals surface area contributed by atoms with Crippen LogP contribution in [0.5, 0.6) is 0 Å². The first-order valence-corrected chi connectivity index (χ1v) is 10.6. The predicted molar refractivity (Wildman–Crippen MR) is 97.3 cm³/mol. The van der Waals surface area contributed by atoms with Gasteiger partial charge in [-0.3, -0.25) is 0 Å². The van der Waals surface area contributed by atoms with Crippen LogP contribution in [0.25, 0.3) is 11.0 Å². The van der Waals surface area contributed by atoms with Crippen molar-refractivity contribution in [2.24, 2.45) is 0 Å². The molecule has 1 aromatic carbocycles. The lowest BCUT2D eigenvalue weighted by Crippen LogP contribution is -2.48. The van der Waals surface area contributed by atoms with Crippen molar-refractivity contribution in [3.05, 3.63) is 35.3 Å². The minimum Gasteiger partial charge on any atom is -0.459 e. The Morgan fingerprint density at radius 2 is 2.19 bits per heavy atom. The smallest absolute Gasteiger partial charge is 0.315 e. The summed E-state index contributed by atoms with van der Waals surface area (Å²) in [6.45, 7) is 3.74. The summed E-state index contributed by atoms with van der Waals surface area (Å²) < 4.78 is 42.7. The van der Waals surface area contributed by atoms with Gasteiger partial charge in [0.15, 0.2) is 9.84 Å². The van der Waals surface area contributed by atoms with E-state index >= 15 is 0 Å². The number of furan rings is 1. The molecule has 0 aliphatic carbocycles. The molecular formula is C18H23FN2O4S. The average Bonchev–Trinajstić information content (AvgIpc) is 2.88. The highest BCUT2D eigenvalue weighted by atomic mass is 32.2. The van der Waals surface area contributed by atoms with E-state index in [1.54, 1.807) is 6.07 Å². The fraction of sp³-hybridized carbons (Fsp3) is 0.500. The number of amides is 2. The predicted octanol–water partition coefficient (Wildman–Crippen LogP) is 3.21. The van der Waals surface area contributed by atoms with E-state index < -0.39 is 15.9 Å². The maximum Gasteiger partial charge on any atom is 0.315 e. The minimum atomic E-state index is -3.09. The number of benzene rings is 1. The van der Waals surface area contributed by atoms with Gasteiger partial charge in [-0.25, -0.2) is 17.6 Å². The summed E-state index contributed by atoms with van der Waals surface area (Å²) in [6.07, 6.45) is 1.78. The highest BCUT2D eigenvalue weighted by Crippen LogP contribution is 2.31. The Morgan fingerprint density at radius 1 is 1.42 bits per heavy atom. The lowest BCUT2D eigenvalue weighted by atomic mass is 10.1. The highest BCUT2D eigenvalue weighted by molar-refractivity contribution is 7.91. The molecule has 1 aliphatic rings. The number of fused-ring (bicyclic) bond motifs is 1. The number of hydrogen-bond donors (Lipinski definition) is 2. The van der Waals surface area contributed by atoms with Crippen LogP contribution in [0.3, 0.4) is 0 Å². The molecule has 1 saturated heterocycles. The van der Waals surface area contributed by atoms with Crippen LogP contribution in [0.2, 0.25) is 0 Å². The Morgan fingerprint density at radius 3 is 2.88 bits per heavy atom. The number of aryl methyl sites for hydroxylation is 1. The molecule has 1 unspecified atom stereocenters. The molecular weight excluding hydrogens is 359 g/mol. The van der Waals surface area contributed by atoms with Gasteiger partial charge >= 0.3 is 6.03 Å². The van der Waals surface area contributed by atoms with Crippen LogP contribution in [0.4, 0.5) is 9.18 Å². The van der Waals surface area contributed by atoms with Gasteiger partial charge in [0.2, 0.25) is 0 Å². The number of rotatable bonds is 4. The molecule has 1 fully saturated rings. The van der Waals surface area contributed by atoms with Gasteiger partial charge < -0.3 is 15.1 Å². The topological polar surface area (TPSA) is 88.4 Å². The van der Waals surface area contributed by atoms with E-state index in [-0.39, 0.29) is 29.4 Å². The summed E-state index contributed by atoms with van der Waals surface area (Å²) in [5.41, 5.74) is 1.35. The third-order valence-corrected chi connectivity index (χ3v) is 6.58. The van der Waals surface area contributed by atoms with Crippen LogP contribution < -0.4 is 10.6 Å². The van der Waals surface area contributed by atoms with Gasteiger partial charge in [0.05, 0.1) is 17.5 Å². The quantitative estimate of drug-likeness (QED) is 0.850. The Labute approximate surface area is 152 Å². The number of urea groups is 1. The normalized spacial score (nSPS) is 20.7. The van der Waals surface area contributed by atoms with Gasteiger partial charge in [-0.05, 0) is 44.4 Å². The van der Waals surface area contributed by atoms with Gasteiger partial charge in [-0.1, -0.05) is 6.92 Å². The van der Waals surface area contributed by atoms with E-state index in [0.717, 1.165) is 5.56 Å². The summed E-state index contributed by atoms with van der Waals surface area (Å²) in [7, 11) is -3.09. The number of halogens is 1. The second-order valence-electron chi connectivity index (χ2n) is 6.76. The Kier molecular flexibility index (Phi) is 5.22. The minimum absolute atomic E-state index is 0.0276. The van der Waals surface area contributed by atoms with Crippen LogP contribution in [0.15, 0.2) is 22.6 Å². The molecule has 2 N–H and O–H groups in total. The number of carbonyl (C=O) groups excluding carboxylic acids is 1. The van der Waals surface area contributed by atoms with Crippen molar-refractivity contribution >= 4 is 26.8 Å². The van der Waals surface area contributed by atoms with Gasteiger partial charge in [0, 0.05) is 17.0 Å². The fourth-order valence-electron chi connectivity index (χ4n) is 3.42. The fourth-order valence-corrected chi connectivity index (χ4v) is 5.06. The van der Waals surface area contributed by atoms with E-state index in [2.05, 4.69) is 10.6 Å². The summed E-state index contributed by atoms with van der Waals surface area (Å²) >= 11 is 0. The number of hydrogen-bond acceptors (Lipinski definition) is 4. The van der Waals surface area contributed by atoms with Crippen LogP contribution in [0, 0.1) is 12.7 Å². The Balaban J connectivity index is 1.73. The zero-order valence-electron chi connectivity index (χ0n) is 14.8. The maximum absolute atomic E-state index is 13.5. The van der Waals surface area contributed by atoms with Crippen molar-refractivity contribution < 1.29 is 22.0 Å². The van der Waals surface area contributed by atoms with Gasteiger partial charge in [0.25, 0.3) is 0 Å². The second-order valence-corrected chi connectivity index (χ2v) is 8.99. The van der Waals surface area contributed by atoms with Crippen molar-refractivity contribution in [1.82, 2.24) is 10.6 Å². The lowest BCUT2D eigenvalue weighted by Gasteiger charge is -2.24. The van der Waals surface area contributed by atoms with Crippen LogP contribution >= 0.6 is 0 Å². The van der Waals surface area contributed by atoms with Gasteiger partial charge in [-0.15, -0.1) is 0 Å². The third-order valence-electron chi connectivity index (χ3n) is 4.76. The molecule has 2 heterocycles. The molecule has 2 atom stereocenters. The Bertz CT molecular complexity index is 923. The van der Waals surface area contributed by atoms with Crippen molar-refractivity contribution in [2.45, 2.75) is 45.2 Å². The zero-order chi connectivity index (χ0) is 18.9. The number of sulfone groups is 1. The molecule has 0 radical (unpaired) electrons. The molecule has 142 valence electrons. The first-order chi connectivity index (χ1) is 12.3. The standard InChI is InChI=1S/C18H23FN2O4S/c1-3-15(17-11(2)14-9-12(19)6-7-16(14)25-17)21-18(22)20-13-5-4-8-26(23,24)10-13/h6-7,9,13,15H,3-5,8,10H2,1-2H3,(H2,20,21,22)/t13?,15-/m1/s1. The number of nitrogens with one attached hydrogen (secondary N) is 2. The average molecular weight is 382 g/mol. The third kappa shape index (κ3) is 4.00. The molecule has 0 saturated carbocycles. The largest absolute Gasteiger partial charge is 0.459 e. The van der Waals surface area contributed by atoms with E-state index in [1.807, 2.05) is 13.8 Å². The summed E-state index contributed by atoms with van der Waals surface area (Å²) in [6, 6.07) is 3.13. The van der Waals surface area contributed by atoms with Gasteiger partial charge in [-0.2, -0.15) is 0 Å². The first-order valence-electron chi connectivity index (χ1n) is 8.75. The summed E-state index contributed by atoms with van der Waals surface area (Å²) in [4.78, 5) is 12.3. The second kappa shape index (κ2) is 7.26. The van der Waals surface area contributed by atoms with E-state index in [1.165, 1.54) is 12.1 Å². The molecule has 8 heteroatoms. The van der Waals surface area contributed by atoms with Crippen LogP contribution in [-0.4, -0.2) is 32.0 Å². The molecule has 0 spiro atoms. The van der Waals surface area contributed by atoms with Crippen molar-refractivity contribution in [1.29, 1.82) is 0 Å². The van der Waals surface area contributed by atoms with Crippen molar-refractivity contribution in [3.8, 4) is 0 Å². The van der Waals surface area contributed by atoms with Gasteiger partial charge in [0.1, 0.15) is 17.2 Å². The summed E-state index contributed by atoms with van der Waals surface area (Å²) in [5.74, 6) is 0.393. The summed E-state index contributed by atoms with van der Waals surface area (Å²) in [5, 5.41) is 6.26. The monoisotopic (exact) mass is 382 g/mol. The molecule has 6 nitrogen and oxygen atoms in total. The lowest BCUT2D eigenvalue weighted by molar-refractivity contribution is 0.230. The van der Waals surface area contributed by atoms with Crippen LogP contribution in [-0.2, 0) is 9.84 Å². The molecule has 1 aromatic heterocycles. The molecule has 2 amide bonds. The van der Waals surface area contributed by atoms with E-state index in [4.69, 9.17) is 4.42 Å². The molecule has 3 rings (SSSR count). The van der Waals surface area contributed by atoms with Crippen LogP contribution in [0.1, 0.15) is 43.6 Å². The molecule has 26 heavy (non-hydrogen) atoms. The Hall–Kier alpha value is -2.09. The first kappa shape index (κ1) is 18.7. The highest BCUT2D eigenvalue weighted by Gasteiger charge is 2.27. The zero-order valence-corrected chi connectivity index (χ0v) is 15.7. The molecule has 2 aromatic rings. The van der Waals surface area contributed by atoms with E-state index in [0.29, 0.717) is 36.0 Å². The molecule has 0 bridgehead atoms.